The van der Waals surface area contributed by atoms with Crippen LogP contribution in [-0.4, -0.2) is 25.0 Å². The Balaban J connectivity index is 3.08. The number of nitrogens with one attached hydrogen (secondary N) is 1. The molecule has 0 aromatic carbocycles. The fourth-order valence-corrected chi connectivity index (χ4v) is 3.79. The third-order valence-corrected chi connectivity index (χ3v) is 5.74. The first kappa shape index (κ1) is 28.9. The van der Waals surface area contributed by atoms with Crippen molar-refractivity contribution in [2.24, 2.45) is 0 Å². The van der Waals surface area contributed by atoms with Gasteiger partial charge in [-0.3, -0.25) is 9.59 Å². The largest absolute Gasteiger partial charge is 0.464 e. The molecule has 0 rings (SSSR count). The standard InChI is InChI=1S/C26H51NO3/c1-3-4-5-6-7-8-9-10-11-12-13-14-15-16-17-18-19-20-21-22-23-30-26(29)24-27-25(2)28/h3-24H2,1-2H3,(H,27,28). The monoisotopic (exact) mass is 425 g/mol. The second kappa shape index (κ2) is 24.2. The van der Waals surface area contributed by atoms with Crippen molar-refractivity contribution < 1.29 is 14.3 Å². The molecule has 0 aromatic rings. The summed E-state index contributed by atoms with van der Waals surface area (Å²) in [5, 5.41) is 2.45. The number of esters is 1. The van der Waals surface area contributed by atoms with Crippen molar-refractivity contribution >= 4 is 11.9 Å². The highest BCUT2D eigenvalue weighted by Crippen LogP contribution is 2.14. The summed E-state index contributed by atoms with van der Waals surface area (Å²) >= 11 is 0. The molecule has 0 fully saturated rings. The minimum Gasteiger partial charge on any atom is -0.464 e. The Kier molecular flexibility index (Phi) is 23.4. The average molecular weight is 426 g/mol. The topological polar surface area (TPSA) is 55.4 Å². The Bertz CT molecular complexity index is 384. The molecule has 0 saturated heterocycles. The molecule has 0 aliphatic carbocycles. The number of rotatable bonds is 23. The summed E-state index contributed by atoms with van der Waals surface area (Å²) in [5.74, 6) is -0.547. The molecule has 0 spiro atoms. The summed E-state index contributed by atoms with van der Waals surface area (Å²) in [6, 6.07) is 0. The highest BCUT2D eigenvalue weighted by atomic mass is 16.5. The van der Waals surface area contributed by atoms with Gasteiger partial charge in [-0.2, -0.15) is 0 Å². The van der Waals surface area contributed by atoms with Crippen molar-refractivity contribution in [1.29, 1.82) is 0 Å². The Morgan fingerprint density at radius 2 is 0.900 bits per heavy atom. The van der Waals surface area contributed by atoms with Crippen molar-refractivity contribution in [3.63, 3.8) is 0 Å². The smallest absolute Gasteiger partial charge is 0.325 e. The zero-order valence-electron chi connectivity index (χ0n) is 20.3. The van der Waals surface area contributed by atoms with Gasteiger partial charge in [0.1, 0.15) is 6.54 Å². The summed E-state index contributed by atoms with van der Waals surface area (Å²) in [7, 11) is 0. The van der Waals surface area contributed by atoms with Crippen LogP contribution < -0.4 is 5.32 Å². The van der Waals surface area contributed by atoms with Crippen LogP contribution in [-0.2, 0) is 14.3 Å². The molecule has 4 heteroatoms. The van der Waals surface area contributed by atoms with E-state index in [1.807, 2.05) is 0 Å². The maximum atomic E-state index is 11.3. The Labute approximate surface area is 187 Å². The molecule has 1 amide bonds. The number of ether oxygens (including phenoxy) is 1. The van der Waals surface area contributed by atoms with Crippen LogP contribution in [0.5, 0.6) is 0 Å². The second-order valence-corrected chi connectivity index (χ2v) is 8.85. The van der Waals surface area contributed by atoms with E-state index in [4.69, 9.17) is 4.74 Å². The number of hydrogen-bond acceptors (Lipinski definition) is 3. The molecular formula is C26H51NO3. The molecule has 0 radical (unpaired) electrons. The highest BCUT2D eigenvalue weighted by molar-refractivity contribution is 5.80. The normalized spacial score (nSPS) is 10.9. The first-order chi connectivity index (χ1) is 14.7. The van der Waals surface area contributed by atoms with Gasteiger partial charge >= 0.3 is 5.97 Å². The molecule has 4 nitrogen and oxygen atoms in total. The molecule has 178 valence electrons. The van der Waals surface area contributed by atoms with Crippen molar-refractivity contribution in [3.8, 4) is 0 Å². The molecule has 0 heterocycles. The zero-order valence-corrected chi connectivity index (χ0v) is 20.3. The molecule has 0 saturated carbocycles. The molecule has 0 aliphatic heterocycles. The van der Waals surface area contributed by atoms with Gasteiger partial charge in [-0.15, -0.1) is 0 Å². The van der Waals surface area contributed by atoms with E-state index in [0.717, 1.165) is 12.8 Å². The van der Waals surface area contributed by atoms with E-state index in [9.17, 15) is 9.59 Å². The second-order valence-electron chi connectivity index (χ2n) is 8.85. The number of amides is 1. The third kappa shape index (κ3) is 25.0. The van der Waals surface area contributed by atoms with Crippen LogP contribution in [0.15, 0.2) is 0 Å². The first-order valence-corrected chi connectivity index (χ1v) is 13.1. The van der Waals surface area contributed by atoms with Gasteiger partial charge in [0.15, 0.2) is 0 Å². The van der Waals surface area contributed by atoms with Gasteiger partial charge in [0.05, 0.1) is 6.61 Å². The number of carbonyl (C=O) groups excluding carboxylic acids is 2. The molecule has 0 unspecified atom stereocenters. The molecule has 0 aliphatic rings. The molecule has 0 atom stereocenters. The first-order valence-electron chi connectivity index (χ1n) is 13.1. The van der Waals surface area contributed by atoms with Crippen molar-refractivity contribution in [3.05, 3.63) is 0 Å². The van der Waals surface area contributed by atoms with E-state index in [1.54, 1.807) is 0 Å². The summed E-state index contributed by atoms with van der Waals surface area (Å²) < 4.78 is 5.08. The summed E-state index contributed by atoms with van der Waals surface area (Å²) in [6.07, 6.45) is 27.2. The van der Waals surface area contributed by atoms with E-state index >= 15 is 0 Å². The summed E-state index contributed by atoms with van der Waals surface area (Å²) in [6.45, 7) is 4.13. The van der Waals surface area contributed by atoms with Crippen LogP contribution in [0.25, 0.3) is 0 Å². The fourth-order valence-electron chi connectivity index (χ4n) is 3.79. The van der Waals surface area contributed by atoms with Crippen LogP contribution in [0, 0.1) is 0 Å². The lowest BCUT2D eigenvalue weighted by Crippen LogP contribution is -2.28. The number of hydrogen-bond donors (Lipinski definition) is 1. The van der Waals surface area contributed by atoms with E-state index in [1.165, 1.54) is 122 Å². The molecule has 30 heavy (non-hydrogen) atoms. The van der Waals surface area contributed by atoms with Gasteiger partial charge in [0.25, 0.3) is 0 Å². The minimum atomic E-state index is -0.344. The van der Waals surface area contributed by atoms with Crippen LogP contribution in [0.2, 0.25) is 0 Å². The van der Waals surface area contributed by atoms with E-state index in [2.05, 4.69) is 12.2 Å². The van der Waals surface area contributed by atoms with Crippen LogP contribution in [0.4, 0.5) is 0 Å². The molecule has 0 bridgehead atoms. The fraction of sp³-hybridized carbons (Fsp3) is 0.923. The van der Waals surface area contributed by atoms with Crippen molar-refractivity contribution in [2.75, 3.05) is 13.2 Å². The molecule has 1 N–H and O–H groups in total. The van der Waals surface area contributed by atoms with Gasteiger partial charge < -0.3 is 10.1 Å². The number of carbonyl (C=O) groups is 2. The maximum Gasteiger partial charge on any atom is 0.325 e. The highest BCUT2D eigenvalue weighted by Gasteiger charge is 2.02. The van der Waals surface area contributed by atoms with Gasteiger partial charge in [0, 0.05) is 6.92 Å². The predicted molar refractivity (Wildman–Crippen MR) is 128 cm³/mol. The van der Waals surface area contributed by atoms with Gasteiger partial charge in [0.2, 0.25) is 5.91 Å². The van der Waals surface area contributed by atoms with E-state index in [-0.39, 0.29) is 18.4 Å². The van der Waals surface area contributed by atoms with E-state index < -0.39 is 0 Å². The molecule has 0 aromatic heterocycles. The lowest BCUT2D eigenvalue weighted by atomic mass is 10.0. The quantitative estimate of drug-likeness (QED) is 0.136. The minimum absolute atomic E-state index is 0.0193. The third-order valence-electron chi connectivity index (χ3n) is 5.74. The lowest BCUT2D eigenvalue weighted by Gasteiger charge is -2.05. The summed E-state index contributed by atoms with van der Waals surface area (Å²) in [4.78, 5) is 22.0. The zero-order chi connectivity index (χ0) is 22.1. The maximum absolute atomic E-state index is 11.3. The number of unbranched alkanes of at least 4 members (excludes halogenated alkanes) is 19. The summed E-state index contributed by atoms with van der Waals surface area (Å²) in [5.41, 5.74) is 0. The van der Waals surface area contributed by atoms with Gasteiger partial charge in [-0.25, -0.2) is 0 Å². The SMILES string of the molecule is CCCCCCCCCCCCCCCCCCCCCCOC(=O)CNC(C)=O. The molecular weight excluding hydrogens is 374 g/mol. The van der Waals surface area contributed by atoms with E-state index in [0.29, 0.717) is 6.61 Å². The lowest BCUT2D eigenvalue weighted by molar-refractivity contribution is -0.143. The van der Waals surface area contributed by atoms with Crippen LogP contribution >= 0.6 is 0 Å². The van der Waals surface area contributed by atoms with Crippen molar-refractivity contribution in [2.45, 2.75) is 142 Å². The van der Waals surface area contributed by atoms with Gasteiger partial charge in [-0.1, -0.05) is 129 Å². The van der Waals surface area contributed by atoms with Crippen LogP contribution in [0.3, 0.4) is 0 Å². The Morgan fingerprint density at radius 1 is 0.567 bits per heavy atom. The Morgan fingerprint density at radius 3 is 1.23 bits per heavy atom. The predicted octanol–water partition coefficient (Wildman–Crippen LogP) is 7.49. The van der Waals surface area contributed by atoms with Gasteiger partial charge in [-0.05, 0) is 6.42 Å². The van der Waals surface area contributed by atoms with Crippen LogP contribution in [0.1, 0.15) is 142 Å². The van der Waals surface area contributed by atoms with Crippen molar-refractivity contribution in [1.82, 2.24) is 5.32 Å². The average Bonchev–Trinajstić information content (AvgIpc) is 2.73. The Hall–Kier alpha value is -1.06.